The molecule has 1 aromatic rings. The minimum absolute atomic E-state index is 0.0289. The van der Waals surface area contributed by atoms with Crippen molar-refractivity contribution in [1.82, 2.24) is 14.5 Å². The Morgan fingerprint density at radius 3 is 3.12 bits per heavy atom. The van der Waals surface area contributed by atoms with E-state index in [4.69, 9.17) is 5.11 Å². The average Bonchev–Trinajstić information content (AvgIpc) is 2.75. The van der Waals surface area contributed by atoms with Crippen LogP contribution in [-0.4, -0.2) is 45.2 Å². The largest absolute Gasteiger partial charge is 0.396 e. The molecule has 2 rings (SSSR count). The Labute approximate surface area is 94.7 Å². The van der Waals surface area contributed by atoms with Gasteiger partial charge in [0.25, 0.3) is 5.91 Å². The van der Waals surface area contributed by atoms with Gasteiger partial charge in [0.1, 0.15) is 5.69 Å². The maximum absolute atomic E-state index is 12.0. The first kappa shape index (κ1) is 11.1. The lowest BCUT2D eigenvalue weighted by Gasteiger charge is -2.31. The number of aliphatic hydroxyl groups is 1. The fraction of sp³-hybridized carbons (Fsp3) is 0.636. The third kappa shape index (κ3) is 2.24. The van der Waals surface area contributed by atoms with Crippen LogP contribution in [0.15, 0.2) is 12.5 Å². The molecule has 0 aliphatic carbocycles. The van der Waals surface area contributed by atoms with Crippen molar-refractivity contribution in [3.63, 3.8) is 0 Å². The molecule has 1 aliphatic rings. The van der Waals surface area contributed by atoms with Crippen LogP contribution < -0.4 is 0 Å². The number of aliphatic hydroxyl groups excluding tert-OH is 1. The van der Waals surface area contributed by atoms with Gasteiger partial charge in [-0.15, -0.1) is 0 Å². The van der Waals surface area contributed by atoms with Crippen molar-refractivity contribution in [1.29, 1.82) is 0 Å². The summed E-state index contributed by atoms with van der Waals surface area (Å²) in [7, 11) is 1.84. The molecule has 1 amide bonds. The number of piperidine rings is 1. The first-order valence-corrected chi connectivity index (χ1v) is 5.59. The molecule has 0 aromatic carbocycles. The van der Waals surface area contributed by atoms with Crippen molar-refractivity contribution in [3.05, 3.63) is 18.2 Å². The topological polar surface area (TPSA) is 58.4 Å². The smallest absolute Gasteiger partial charge is 0.274 e. The molecule has 88 valence electrons. The number of hydrogen-bond acceptors (Lipinski definition) is 3. The fourth-order valence-corrected chi connectivity index (χ4v) is 2.08. The standard InChI is InChI=1S/C11H17N3O2/c1-13-6-10(12-8-13)11(16)14-4-2-3-9(5-14)7-15/h6,8-9,15H,2-5,7H2,1H3. The van der Waals surface area contributed by atoms with Crippen molar-refractivity contribution < 1.29 is 9.90 Å². The molecule has 0 saturated carbocycles. The second kappa shape index (κ2) is 4.65. The number of rotatable bonds is 2. The van der Waals surface area contributed by atoms with Gasteiger partial charge in [-0.05, 0) is 18.8 Å². The number of carbonyl (C=O) groups excluding carboxylic acids is 1. The molecule has 1 aromatic heterocycles. The van der Waals surface area contributed by atoms with Gasteiger partial charge in [0.15, 0.2) is 0 Å². The molecular weight excluding hydrogens is 206 g/mol. The number of aromatic nitrogens is 2. The van der Waals surface area contributed by atoms with Crippen molar-refractivity contribution in [3.8, 4) is 0 Å². The number of amides is 1. The lowest BCUT2D eigenvalue weighted by molar-refractivity contribution is 0.0615. The van der Waals surface area contributed by atoms with E-state index < -0.39 is 0 Å². The van der Waals surface area contributed by atoms with E-state index in [0.717, 1.165) is 19.4 Å². The molecule has 1 saturated heterocycles. The molecule has 1 atom stereocenters. The summed E-state index contributed by atoms with van der Waals surface area (Å²) in [6, 6.07) is 0. The SMILES string of the molecule is Cn1cnc(C(=O)N2CCCC(CO)C2)c1. The lowest BCUT2D eigenvalue weighted by atomic mass is 9.99. The first-order chi connectivity index (χ1) is 7.70. The van der Waals surface area contributed by atoms with E-state index in [1.165, 1.54) is 0 Å². The maximum Gasteiger partial charge on any atom is 0.274 e. The molecule has 1 unspecified atom stereocenters. The number of nitrogens with zero attached hydrogens (tertiary/aromatic N) is 3. The number of carbonyl (C=O) groups is 1. The summed E-state index contributed by atoms with van der Waals surface area (Å²) in [5.74, 6) is 0.195. The van der Waals surface area contributed by atoms with Gasteiger partial charge in [0.05, 0.1) is 6.33 Å². The van der Waals surface area contributed by atoms with Crippen molar-refractivity contribution in [2.45, 2.75) is 12.8 Å². The highest BCUT2D eigenvalue weighted by Gasteiger charge is 2.24. The Balaban J connectivity index is 2.04. The normalized spacial score (nSPS) is 21.1. The van der Waals surface area contributed by atoms with Gasteiger partial charge < -0.3 is 14.6 Å². The van der Waals surface area contributed by atoms with Crippen molar-refractivity contribution in [2.75, 3.05) is 19.7 Å². The Morgan fingerprint density at radius 1 is 1.69 bits per heavy atom. The second-order valence-electron chi connectivity index (χ2n) is 4.37. The lowest BCUT2D eigenvalue weighted by Crippen LogP contribution is -2.41. The zero-order chi connectivity index (χ0) is 11.5. The van der Waals surface area contributed by atoms with Gasteiger partial charge in [-0.25, -0.2) is 4.98 Å². The van der Waals surface area contributed by atoms with Crippen LogP contribution in [0, 0.1) is 5.92 Å². The maximum atomic E-state index is 12.0. The highest BCUT2D eigenvalue weighted by Crippen LogP contribution is 2.17. The molecule has 16 heavy (non-hydrogen) atoms. The molecule has 0 spiro atoms. The summed E-state index contributed by atoms with van der Waals surface area (Å²) in [5, 5.41) is 9.11. The van der Waals surface area contributed by atoms with E-state index in [2.05, 4.69) is 4.98 Å². The van der Waals surface area contributed by atoms with Crippen LogP contribution in [0.4, 0.5) is 0 Å². The first-order valence-electron chi connectivity index (χ1n) is 5.59. The fourth-order valence-electron chi connectivity index (χ4n) is 2.08. The van der Waals surface area contributed by atoms with Crippen LogP contribution in [-0.2, 0) is 7.05 Å². The molecule has 1 fully saturated rings. The Morgan fingerprint density at radius 2 is 2.50 bits per heavy atom. The molecule has 1 N–H and O–H groups in total. The third-order valence-corrected chi connectivity index (χ3v) is 2.99. The summed E-state index contributed by atoms with van der Waals surface area (Å²) < 4.78 is 1.76. The average molecular weight is 223 g/mol. The highest BCUT2D eigenvalue weighted by atomic mass is 16.3. The zero-order valence-electron chi connectivity index (χ0n) is 9.46. The number of likely N-dealkylation sites (tertiary alicyclic amines) is 1. The highest BCUT2D eigenvalue weighted by molar-refractivity contribution is 5.92. The summed E-state index contributed by atoms with van der Waals surface area (Å²) in [4.78, 5) is 17.9. The van der Waals surface area contributed by atoms with E-state index in [-0.39, 0.29) is 18.4 Å². The van der Waals surface area contributed by atoms with Gasteiger partial charge in [0, 0.05) is 32.9 Å². The Bertz CT molecular complexity index is 375. The second-order valence-corrected chi connectivity index (χ2v) is 4.37. The summed E-state index contributed by atoms with van der Waals surface area (Å²) in [6.45, 7) is 1.57. The van der Waals surface area contributed by atoms with Gasteiger partial charge in [-0.1, -0.05) is 0 Å². The van der Waals surface area contributed by atoms with Crippen LogP contribution in [0.5, 0.6) is 0 Å². The quantitative estimate of drug-likeness (QED) is 0.782. The van der Waals surface area contributed by atoms with Gasteiger partial charge in [-0.2, -0.15) is 0 Å². The minimum atomic E-state index is -0.0289. The van der Waals surface area contributed by atoms with Crippen molar-refractivity contribution in [2.24, 2.45) is 13.0 Å². The van der Waals surface area contributed by atoms with Crippen LogP contribution in [0.1, 0.15) is 23.3 Å². The molecular formula is C11H17N3O2. The van der Waals surface area contributed by atoms with Gasteiger partial charge >= 0.3 is 0 Å². The Hall–Kier alpha value is -1.36. The molecule has 5 heteroatoms. The summed E-state index contributed by atoms with van der Waals surface area (Å²) >= 11 is 0. The minimum Gasteiger partial charge on any atom is -0.396 e. The van der Waals surface area contributed by atoms with Crippen LogP contribution >= 0.6 is 0 Å². The predicted molar refractivity (Wildman–Crippen MR) is 58.9 cm³/mol. The molecule has 5 nitrogen and oxygen atoms in total. The van der Waals surface area contributed by atoms with E-state index in [0.29, 0.717) is 12.2 Å². The molecule has 2 heterocycles. The summed E-state index contributed by atoms with van der Waals surface area (Å²) in [6.07, 6.45) is 5.32. The van der Waals surface area contributed by atoms with Crippen molar-refractivity contribution >= 4 is 5.91 Å². The molecule has 1 aliphatic heterocycles. The van der Waals surface area contributed by atoms with Crippen LogP contribution in [0.3, 0.4) is 0 Å². The van der Waals surface area contributed by atoms with E-state index in [9.17, 15) is 4.79 Å². The predicted octanol–water partition coefficient (Wildman–Crippen LogP) is 0.265. The van der Waals surface area contributed by atoms with Crippen LogP contribution in [0.25, 0.3) is 0 Å². The Kier molecular flexibility index (Phi) is 3.24. The van der Waals surface area contributed by atoms with Crippen LogP contribution in [0.2, 0.25) is 0 Å². The number of imidazole rings is 1. The summed E-state index contributed by atoms with van der Waals surface area (Å²) in [5.41, 5.74) is 0.487. The number of hydrogen-bond donors (Lipinski definition) is 1. The van der Waals surface area contributed by atoms with Gasteiger partial charge in [0.2, 0.25) is 0 Å². The van der Waals surface area contributed by atoms with E-state index in [1.807, 2.05) is 7.05 Å². The molecule has 0 radical (unpaired) electrons. The molecule has 0 bridgehead atoms. The zero-order valence-corrected chi connectivity index (χ0v) is 9.46. The number of aryl methyl sites for hydroxylation is 1. The third-order valence-electron chi connectivity index (χ3n) is 2.99. The van der Waals surface area contributed by atoms with E-state index >= 15 is 0 Å². The van der Waals surface area contributed by atoms with Gasteiger partial charge in [-0.3, -0.25) is 4.79 Å². The van der Waals surface area contributed by atoms with E-state index in [1.54, 1.807) is 22.0 Å². The monoisotopic (exact) mass is 223 g/mol.